The Morgan fingerprint density at radius 2 is 1.92 bits per heavy atom. The first-order chi connectivity index (χ1) is 6.05. The van der Waals surface area contributed by atoms with Crippen LogP contribution in [0.3, 0.4) is 0 Å². The highest BCUT2D eigenvalue weighted by atomic mass is 32.2. The highest BCUT2D eigenvalue weighted by Crippen LogP contribution is 2.47. The fourth-order valence-corrected chi connectivity index (χ4v) is 3.63. The van der Waals surface area contributed by atoms with Gasteiger partial charge in [-0.1, -0.05) is 0 Å². The molecular weight excluding hydrogens is 188 g/mol. The van der Waals surface area contributed by atoms with E-state index in [4.69, 9.17) is 0 Å². The zero-order chi connectivity index (χ0) is 9.53. The van der Waals surface area contributed by atoms with Crippen molar-refractivity contribution in [3.63, 3.8) is 0 Å². The number of rotatable bonds is 3. The summed E-state index contributed by atoms with van der Waals surface area (Å²) in [5.74, 6) is 0.763. The van der Waals surface area contributed by atoms with Crippen LogP contribution in [0.1, 0.15) is 32.1 Å². The van der Waals surface area contributed by atoms with Gasteiger partial charge in [0.1, 0.15) is 0 Å². The van der Waals surface area contributed by atoms with Crippen LogP contribution in [-0.4, -0.2) is 21.0 Å². The van der Waals surface area contributed by atoms with Gasteiger partial charge in [-0.2, -0.15) is 13.1 Å². The first kappa shape index (κ1) is 9.43. The summed E-state index contributed by atoms with van der Waals surface area (Å²) < 4.78 is 27.7. The second-order valence-corrected chi connectivity index (χ2v) is 5.86. The molecule has 2 fully saturated rings. The summed E-state index contributed by atoms with van der Waals surface area (Å²) in [5, 5.41) is 0. The van der Waals surface area contributed by atoms with Crippen molar-refractivity contribution in [3.8, 4) is 0 Å². The van der Waals surface area contributed by atoms with E-state index in [2.05, 4.69) is 9.44 Å². The summed E-state index contributed by atoms with van der Waals surface area (Å²) in [6, 6.07) is 0. The number of hydrogen-bond acceptors (Lipinski definition) is 2. The SMILES string of the molecule is CNS(=O)(=O)NC12CCC(CC1)C2. The Morgan fingerprint density at radius 3 is 2.31 bits per heavy atom. The minimum atomic E-state index is -3.25. The van der Waals surface area contributed by atoms with Gasteiger partial charge in [-0.05, 0) is 38.0 Å². The van der Waals surface area contributed by atoms with E-state index in [0.717, 1.165) is 25.2 Å². The zero-order valence-electron chi connectivity index (χ0n) is 7.84. The zero-order valence-corrected chi connectivity index (χ0v) is 8.65. The maximum Gasteiger partial charge on any atom is 0.277 e. The topological polar surface area (TPSA) is 58.2 Å². The monoisotopic (exact) mass is 204 g/mol. The Hall–Kier alpha value is -0.130. The lowest BCUT2D eigenvalue weighted by molar-refractivity contribution is 0.378. The van der Waals surface area contributed by atoms with Crippen LogP contribution in [-0.2, 0) is 10.2 Å². The number of nitrogens with one attached hydrogen (secondary N) is 2. The molecule has 2 N–H and O–H groups in total. The third-order valence-electron chi connectivity index (χ3n) is 3.36. The van der Waals surface area contributed by atoms with Crippen LogP contribution in [0, 0.1) is 5.92 Å². The molecule has 4 nitrogen and oxygen atoms in total. The Morgan fingerprint density at radius 1 is 1.31 bits per heavy atom. The summed E-state index contributed by atoms with van der Waals surface area (Å²) in [6.07, 6.45) is 5.43. The van der Waals surface area contributed by atoms with E-state index in [1.807, 2.05) is 0 Å². The molecule has 2 rings (SSSR count). The highest BCUT2D eigenvalue weighted by molar-refractivity contribution is 7.87. The van der Waals surface area contributed by atoms with Crippen molar-refractivity contribution in [1.29, 1.82) is 0 Å². The smallest absolute Gasteiger partial charge is 0.205 e. The molecule has 0 saturated heterocycles. The predicted molar refractivity (Wildman–Crippen MR) is 50.4 cm³/mol. The number of fused-ring (bicyclic) bond motifs is 2. The fourth-order valence-electron chi connectivity index (χ4n) is 2.67. The van der Waals surface area contributed by atoms with E-state index in [0.29, 0.717) is 0 Å². The van der Waals surface area contributed by atoms with E-state index in [1.165, 1.54) is 19.9 Å². The summed E-state index contributed by atoms with van der Waals surface area (Å²) in [6.45, 7) is 0. The summed E-state index contributed by atoms with van der Waals surface area (Å²) in [7, 11) is -1.80. The summed E-state index contributed by atoms with van der Waals surface area (Å²) >= 11 is 0. The van der Waals surface area contributed by atoms with Crippen LogP contribution < -0.4 is 9.44 Å². The van der Waals surface area contributed by atoms with Gasteiger partial charge in [0.05, 0.1) is 0 Å². The number of hydrogen-bond donors (Lipinski definition) is 2. The average molecular weight is 204 g/mol. The van der Waals surface area contributed by atoms with Gasteiger partial charge < -0.3 is 0 Å². The maximum atomic E-state index is 11.3. The minimum Gasteiger partial charge on any atom is -0.205 e. The molecule has 2 aliphatic rings. The normalized spacial score (nSPS) is 38.4. The van der Waals surface area contributed by atoms with Crippen LogP contribution in [0.25, 0.3) is 0 Å². The summed E-state index contributed by atoms with van der Waals surface area (Å²) in [5.41, 5.74) is -0.105. The molecule has 2 bridgehead atoms. The lowest BCUT2D eigenvalue weighted by atomic mass is 9.95. The Bertz CT molecular complexity index is 291. The molecule has 0 aromatic carbocycles. The molecule has 0 unspecified atom stereocenters. The van der Waals surface area contributed by atoms with Gasteiger partial charge in [0, 0.05) is 12.6 Å². The summed E-state index contributed by atoms with van der Waals surface area (Å²) in [4.78, 5) is 0. The van der Waals surface area contributed by atoms with Crippen molar-refractivity contribution in [2.75, 3.05) is 7.05 Å². The van der Waals surface area contributed by atoms with Crippen molar-refractivity contribution in [1.82, 2.24) is 9.44 Å². The molecule has 76 valence electrons. The van der Waals surface area contributed by atoms with Crippen LogP contribution in [0.4, 0.5) is 0 Å². The fraction of sp³-hybridized carbons (Fsp3) is 1.00. The Kier molecular flexibility index (Phi) is 2.13. The van der Waals surface area contributed by atoms with Crippen LogP contribution in [0.5, 0.6) is 0 Å². The van der Waals surface area contributed by atoms with Gasteiger partial charge in [-0.25, -0.2) is 4.72 Å². The third-order valence-corrected chi connectivity index (χ3v) is 4.60. The Labute approximate surface area is 79.3 Å². The van der Waals surface area contributed by atoms with Crippen molar-refractivity contribution in [2.45, 2.75) is 37.6 Å². The molecule has 0 spiro atoms. The van der Waals surface area contributed by atoms with Crippen LogP contribution in [0.2, 0.25) is 0 Å². The lowest BCUT2D eigenvalue weighted by Gasteiger charge is -2.27. The maximum absolute atomic E-state index is 11.3. The standard InChI is InChI=1S/C8H16N2O2S/c1-9-13(11,12)10-8-4-2-7(6-8)3-5-8/h7,9-10H,2-6H2,1H3. The molecule has 0 aliphatic heterocycles. The Balaban J connectivity index is 2.09. The largest absolute Gasteiger partial charge is 0.277 e. The molecule has 0 aromatic rings. The molecular formula is C8H16N2O2S. The molecule has 0 heterocycles. The quantitative estimate of drug-likeness (QED) is 0.698. The van der Waals surface area contributed by atoms with Gasteiger partial charge in [-0.15, -0.1) is 0 Å². The molecule has 13 heavy (non-hydrogen) atoms. The second kappa shape index (κ2) is 2.93. The first-order valence-electron chi connectivity index (χ1n) is 4.78. The van der Waals surface area contributed by atoms with E-state index >= 15 is 0 Å². The minimum absolute atomic E-state index is 0.105. The van der Waals surface area contributed by atoms with Crippen molar-refractivity contribution in [3.05, 3.63) is 0 Å². The van der Waals surface area contributed by atoms with E-state index < -0.39 is 10.2 Å². The molecule has 0 atom stereocenters. The van der Waals surface area contributed by atoms with Gasteiger partial charge in [0.15, 0.2) is 0 Å². The third kappa shape index (κ3) is 1.73. The first-order valence-corrected chi connectivity index (χ1v) is 6.26. The average Bonchev–Trinajstić information content (AvgIpc) is 2.62. The van der Waals surface area contributed by atoms with Crippen LogP contribution >= 0.6 is 0 Å². The van der Waals surface area contributed by atoms with Gasteiger partial charge in [-0.3, -0.25) is 0 Å². The van der Waals surface area contributed by atoms with E-state index in [9.17, 15) is 8.42 Å². The van der Waals surface area contributed by atoms with Crippen molar-refractivity contribution >= 4 is 10.2 Å². The van der Waals surface area contributed by atoms with Gasteiger partial charge >= 0.3 is 0 Å². The predicted octanol–water partition coefficient (Wildman–Crippen LogP) is 0.373. The molecule has 2 aliphatic carbocycles. The van der Waals surface area contributed by atoms with Crippen molar-refractivity contribution in [2.24, 2.45) is 5.92 Å². The van der Waals surface area contributed by atoms with Gasteiger partial charge in [0.25, 0.3) is 10.2 Å². The second-order valence-electron chi connectivity index (χ2n) is 4.24. The molecule has 0 radical (unpaired) electrons. The van der Waals surface area contributed by atoms with Crippen molar-refractivity contribution < 1.29 is 8.42 Å². The highest BCUT2D eigenvalue weighted by Gasteiger charge is 2.46. The lowest BCUT2D eigenvalue weighted by Crippen LogP contribution is -2.48. The van der Waals surface area contributed by atoms with Gasteiger partial charge in [0.2, 0.25) is 0 Å². The molecule has 0 amide bonds. The van der Waals surface area contributed by atoms with Crippen LogP contribution in [0.15, 0.2) is 0 Å². The van der Waals surface area contributed by atoms with E-state index in [-0.39, 0.29) is 5.54 Å². The molecule has 0 aromatic heterocycles. The molecule has 5 heteroatoms. The van der Waals surface area contributed by atoms with E-state index in [1.54, 1.807) is 0 Å². The molecule has 2 saturated carbocycles.